The number of carboxylic acid groups (broad SMARTS) is 3. The van der Waals surface area contributed by atoms with Crippen LogP contribution in [0.25, 0.3) is 0 Å². The van der Waals surface area contributed by atoms with Gasteiger partial charge in [0.25, 0.3) is 17.4 Å². The van der Waals surface area contributed by atoms with Gasteiger partial charge >= 0.3 is 17.9 Å². The van der Waals surface area contributed by atoms with Crippen molar-refractivity contribution in [2.45, 2.75) is 467 Å². The van der Waals surface area contributed by atoms with Crippen molar-refractivity contribution in [1.82, 2.24) is 21.3 Å². The summed E-state index contributed by atoms with van der Waals surface area (Å²) in [5, 5.41) is 261. The van der Waals surface area contributed by atoms with Gasteiger partial charge in [0.2, 0.25) is 23.6 Å². The van der Waals surface area contributed by atoms with Gasteiger partial charge in [-0.05, 0) is 26.2 Å². The highest BCUT2D eigenvalue weighted by molar-refractivity contribution is 5.79. The van der Waals surface area contributed by atoms with Gasteiger partial charge in [-0.1, -0.05) is 193 Å². The quantitative estimate of drug-likeness (QED) is 0.0218. The van der Waals surface area contributed by atoms with Crippen LogP contribution < -0.4 is 21.3 Å². The van der Waals surface area contributed by atoms with E-state index in [9.17, 15) is 151 Å². The number of hydrogen-bond donors (Lipinski definition) is 26. The number of amides is 4. The molecule has 0 aromatic rings. The number of ether oxygens (including phenoxy) is 12. The van der Waals surface area contributed by atoms with Crippen LogP contribution in [0.5, 0.6) is 0 Å². The van der Waals surface area contributed by atoms with Crippen LogP contribution in [0, 0.1) is 5.92 Å². The zero-order valence-electron chi connectivity index (χ0n) is 80.1. The fraction of sp³-hybridized carbons (Fsp3) is 0.891. The van der Waals surface area contributed by atoms with E-state index in [1.807, 2.05) is 0 Å². The van der Waals surface area contributed by atoms with Crippen LogP contribution in [0.4, 0.5) is 0 Å². The first-order chi connectivity index (χ1) is 65.6. The fourth-order valence-electron chi connectivity index (χ4n) is 18.6. The van der Waals surface area contributed by atoms with Crippen LogP contribution in [0.3, 0.4) is 0 Å². The van der Waals surface area contributed by atoms with Crippen LogP contribution >= 0.6 is 0 Å². The lowest BCUT2D eigenvalue weighted by Crippen LogP contribution is -2.72. The Bertz CT molecular complexity index is 3610. The molecule has 46 heteroatoms. The topological polar surface area (TPSA) is 741 Å². The van der Waals surface area contributed by atoms with Crippen LogP contribution in [0.2, 0.25) is 0 Å². The molecule has 0 spiro atoms. The third kappa shape index (κ3) is 35.4. The summed E-state index contributed by atoms with van der Waals surface area (Å²) in [4.78, 5) is 107. The van der Waals surface area contributed by atoms with Crippen molar-refractivity contribution >= 4 is 47.3 Å². The van der Waals surface area contributed by atoms with Crippen molar-refractivity contribution in [2.24, 2.45) is 5.92 Å². The number of hydrogen-bond acceptors (Lipinski definition) is 39. The molecular weight excluding hydrogens is 1830 g/mol. The highest BCUT2D eigenvalue weighted by Crippen LogP contribution is 2.45. The predicted molar refractivity (Wildman–Crippen MR) is 479 cm³/mol. The van der Waals surface area contributed by atoms with Gasteiger partial charge < -0.3 is 195 Å². The summed E-state index contributed by atoms with van der Waals surface area (Å²) in [6.07, 6.45) is -31.4. The molecule has 6 aliphatic heterocycles. The Morgan fingerprint density at radius 3 is 1.19 bits per heavy atom. The monoisotopic (exact) mass is 1990 g/mol. The van der Waals surface area contributed by atoms with Gasteiger partial charge in [-0.15, -0.1) is 0 Å². The Balaban J connectivity index is 1.31. The van der Waals surface area contributed by atoms with Crippen LogP contribution in [-0.2, 0) is 95.2 Å². The van der Waals surface area contributed by atoms with Crippen LogP contribution in [0.1, 0.15) is 260 Å². The van der Waals surface area contributed by atoms with E-state index in [0.29, 0.717) is 12.8 Å². The van der Waals surface area contributed by atoms with Crippen molar-refractivity contribution in [3.8, 4) is 0 Å². The molecule has 6 rings (SSSR count). The number of aliphatic hydroxyl groups excluding tert-OH is 19. The lowest BCUT2D eigenvalue weighted by atomic mass is 9.86. The van der Waals surface area contributed by atoms with E-state index in [4.69, 9.17) is 56.8 Å². The molecule has 4 amide bonds. The summed E-state index contributed by atoms with van der Waals surface area (Å²) in [5.41, 5.74) is 0. The maximum Gasteiger partial charge on any atom is 0.364 e. The third-order valence-electron chi connectivity index (χ3n) is 26.3. The molecule has 6 aliphatic rings. The van der Waals surface area contributed by atoms with E-state index < -0.39 is 332 Å². The number of aliphatic hydroxyl groups is 19. The number of unbranched alkanes of at least 4 members (excludes halogenated alkanes) is 27. The Hall–Kier alpha value is -5.54. The Kier molecular flexibility index (Phi) is 53.6. The summed E-state index contributed by atoms with van der Waals surface area (Å²) in [5.74, 6) is -23.6. The molecule has 6 fully saturated rings. The van der Waals surface area contributed by atoms with Gasteiger partial charge in [-0.3, -0.25) is 19.2 Å². The van der Waals surface area contributed by atoms with E-state index in [1.165, 1.54) is 115 Å². The Morgan fingerprint density at radius 1 is 0.413 bits per heavy atom. The average molecular weight is 1990 g/mol. The second kappa shape index (κ2) is 61.0. The maximum atomic E-state index is 14.4. The third-order valence-corrected chi connectivity index (χ3v) is 26.3. The number of carbonyl (C=O) groups is 8. The number of rotatable bonds is 66. The second-order valence-electron chi connectivity index (χ2n) is 37.5. The molecular formula is C92H160N4O42. The van der Waals surface area contributed by atoms with Crippen molar-refractivity contribution in [3.63, 3.8) is 0 Å². The van der Waals surface area contributed by atoms with E-state index in [1.54, 1.807) is 6.08 Å². The molecule has 46 nitrogen and oxygen atoms in total. The summed E-state index contributed by atoms with van der Waals surface area (Å²) < 4.78 is 72.0. The SMILES string of the molecule is CCCCCCCCCCCCCC=CC(O)C(COC1OC(CO)C(OC2OC(CO)C(OC3OC(CO)C(O)C(O)C3CC(C)=O)C(OC3(C(=O)O)CC(O)C(NC(C)=O)C(C(O)C(CO)OC4(C(=O)O)CC(O)C(NC(C)=O)C(C(O)C(CO)OC5(C(=O)O)CC(O)C(NC(C)=O)C(C(O)C(O)CO)O5)O4)O3)C2O)C(O)C1O)NC(=O)CCCCCCCCCCCCCCCCCCC. The smallest absolute Gasteiger partial charge is 0.364 e. The number of allylic oxidation sites excluding steroid dienone is 1. The summed E-state index contributed by atoms with van der Waals surface area (Å²) in [6.45, 7) is -0.584. The minimum atomic E-state index is -3.71. The van der Waals surface area contributed by atoms with Crippen LogP contribution in [0.15, 0.2) is 12.2 Å². The largest absolute Gasteiger partial charge is 0.477 e. The molecule has 0 aliphatic carbocycles. The van der Waals surface area contributed by atoms with E-state index >= 15 is 0 Å². The molecule has 800 valence electrons. The molecule has 0 aromatic carbocycles. The second-order valence-corrected chi connectivity index (χ2v) is 37.5. The predicted octanol–water partition coefficient (Wildman–Crippen LogP) is -2.65. The van der Waals surface area contributed by atoms with Gasteiger partial charge in [-0.2, -0.15) is 0 Å². The molecule has 35 atom stereocenters. The Labute approximate surface area is 804 Å². The zero-order chi connectivity index (χ0) is 102. The average Bonchev–Trinajstić information content (AvgIpc) is 0.741. The number of ketones is 1. The van der Waals surface area contributed by atoms with Gasteiger partial charge in [-0.25, -0.2) is 14.4 Å². The summed E-state index contributed by atoms with van der Waals surface area (Å²) in [7, 11) is 0. The van der Waals surface area contributed by atoms with Crippen molar-refractivity contribution in [3.05, 3.63) is 12.2 Å². The number of carbonyl (C=O) groups excluding carboxylic acids is 5. The molecule has 0 bridgehead atoms. The number of nitrogens with one attached hydrogen (secondary N) is 4. The number of Topliss-reactive ketones (excluding diaryl/α,β-unsaturated/α-hetero) is 1. The summed E-state index contributed by atoms with van der Waals surface area (Å²) in [6, 6.07) is -7.29. The van der Waals surface area contributed by atoms with E-state index in [0.717, 1.165) is 91.9 Å². The van der Waals surface area contributed by atoms with E-state index in [-0.39, 0.29) is 6.42 Å². The normalized spacial score (nSPS) is 33.7. The van der Waals surface area contributed by atoms with E-state index in [2.05, 4.69) is 35.1 Å². The first-order valence-electron chi connectivity index (χ1n) is 49.1. The molecule has 26 N–H and O–H groups in total. The molecule has 0 radical (unpaired) electrons. The minimum Gasteiger partial charge on any atom is -0.477 e. The highest BCUT2D eigenvalue weighted by atomic mass is 16.8. The molecule has 138 heavy (non-hydrogen) atoms. The fourth-order valence-corrected chi connectivity index (χ4v) is 18.6. The van der Waals surface area contributed by atoms with Crippen molar-refractivity contribution in [1.29, 1.82) is 0 Å². The highest BCUT2D eigenvalue weighted by Gasteiger charge is 2.65. The van der Waals surface area contributed by atoms with Crippen molar-refractivity contribution in [2.75, 3.05) is 46.2 Å². The number of carboxylic acids is 3. The van der Waals surface area contributed by atoms with Gasteiger partial charge in [0.05, 0.1) is 101 Å². The molecule has 0 saturated carbocycles. The lowest BCUT2D eigenvalue weighted by Gasteiger charge is -2.53. The summed E-state index contributed by atoms with van der Waals surface area (Å²) >= 11 is 0. The lowest BCUT2D eigenvalue weighted by molar-refractivity contribution is -0.404. The number of aliphatic carboxylic acids is 3. The molecule has 35 unspecified atom stereocenters. The van der Waals surface area contributed by atoms with Gasteiger partial charge in [0.15, 0.2) is 18.9 Å². The zero-order valence-corrected chi connectivity index (χ0v) is 80.1. The molecule has 6 saturated heterocycles. The van der Waals surface area contributed by atoms with Gasteiger partial charge in [0.1, 0.15) is 122 Å². The van der Waals surface area contributed by atoms with Gasteiger partial charge in [0, 0.05) is 58.8 Å². The minimum absolute atomic E-state index is 0.0832. The van der Waals surface area contributed by atoms with Crippen molar-refractivity contribution < 1.29 is 208 Å². The first-order valence-corrected chi connectivity index (χ1v) is 49.1. The molecule has 6 heterocycles. The van der Waals surface area contributed by atoms with Crippen LogP contribution in [-0.4, -0.2) is 413 Å². The standard InChI is InChI=1S/C92H160N4O42/c1-7-9-11-13-15-17-19-21-22-23-24-26-28-30-32-34-36-38-66(112)96-55(56(107)37-35-33-31-29-27-25-20-18-16-14-12-10-8-2)49-127-85-76(119)75(118)78(64(47-101)129-85)131-86-77(120)83(79(65(48-102)130-86)132-84-54(39-50(3)103)70(113)72(115)61(44-98)128-84)138-92(89(125)126)42-59(110)69(95-53(6)106)82(137-92)74(117)63(46-100)134-91(88(123)124)41-58(109)68(94-52(5)105)81(136-91)73(116)62(45-99)133-90(87(121)122)40-57(108)67(93-51(4)104)80(135-90)71(114)60(111)43-97/h35,37,54-65,67-86,97-102,107-111,113-120H,7-34,36,38-49H2,1-6H3,(H,93,104)(H,94,105)(H,95,106)(H,96,112)(H,121,122)(H,123,124)(H,125,126). The Morgan fingerprint density at radius 2 is 0.790 bits per heavy atom. The maximum absolute atomic E-state index is 14.4. The first kappa shape index (κ1) is 121. The molecule has 0 aromatic heterocycles.